The van der Waals surface area contributed by atoms with Crippen LogP contribution in [0.3, 0.4) is 0 Å². The van der Waals surface area contributed by atoms with Gasteiger partial charge in [-0.25, -0.2) is 9.59 Å². The van der Waals surface area contributed by atoms with Crippen molar-refractivity contribution in [1.29, 1.82) is 0 Å². The van der Waals surface area contributed by atoms with E-state index in [1.807, 2.05) is 0 Å². The van der Waals surface area contributed by atoms with E-state index in [9.17, 15) is 13.2 Å². The Hall–Kier alpha value is -2.29. The van der Waals surface area contributed by atoms with Crippen molar-refractivity contribution in [3.8, 4) is 0 Å². The molecule has 0 radical (unpaired) electrons. The predicted octanol–water partition coefficient (Wildman–Crippen LogP) is 1.86. The highest BCUT2D eigenvalue weighted by atomic mass is 19.4. The molecule has 2 fully saturated rings. The molecule has 1 aromatic rings. The van der Waals surface area contributed by atoms with Crippen molar-refractivity contribution in [3.05, 3.63) is 29.8 Å². The highest BCUT2D eigenvalue weighted by Crippen LogP contribution is 2.35. The zero-order chi connectivity index (χ0) is 18.8. The molecule has 2 saturated heterocycles. The zero-order valence-corrected chi connectivity index (χ0v) is 13.5. The summed E-state index contributed by atoms with van der Waals surface area (Å²) in [6, 6.07) is 5.53. The molecule has 25 heavy (non-hydrogen) atoms. The molecule has 9 heteroatoms. The third kappa shape index (κ3) is 4.85. The van der Waals surface area contributed by atoms with E-state index in [-0.39, 0.29) is 0 Å². The first-order valence-corrected chi connectivity index (χ1v) is 7.65. The molecule has 1 aromatic carbocycles. The van der Waals surface area contributed by atoms with Crippen LogP contribution in [0.1, 0.15) is 5.56 Å². The number of rotatable bonds is 1. The van der Waals surface area contributed by atoms with Gasteiger partial charge in [-0.15, -0.1) is 0 Å². The lowest BCUT2D eigenvalue weighted by molar-refractivity contribution is -0.159. The number of fused-ring (bicyclic) bond motifs is 1. The summed E-state index contributed by atoms with van der Waals surface area (Å²) >= 11 is 0. The zero-order valence-electron chi connectivity index (χ0n) is 13.5. The summed E-state index contributed by atoms with van der Waals surface area (Å²) in [6.45, 7) is 4.12. The molecule has 0 amide bonds. The Labute approximate surface area is 142 Å². The first-order valence-electron chi connectivity index (χ1n) is 7.65. The van der Waals surface area contributed by atoms with Gasteiger partial charge >= 0.3 is 18.1 Å². The summed E-state index contributed by atoms with van der Waals surface area (Å²) in [7, 11) is 2.13. The van der Waals surface area contributed by atoms with E-state index in [0.717, 1.165) is 31.9 Å². The Morgan fingerprint density at radius 2 is 1.40 bits per heavy atom. The van der Waals surface area contributed by atoms with Crippen LogP contribution in [0.15, 0.2) is 24.3 Å². The molecule has 2 atom stereocenters. The maximum absolute atomic E-state index is 12.5. The van der Waals surface area contributed by atoms with Crippen molar-refractivity contribution in [2.24, 2.45) is 11.8 Å². The van der Waals surface area contributed by atoms with Gasteiger partial charge in [0, 0.05) is 31.9 Å². The van der Waals surface area contributed by atoms with Crippen LogP contribution in [0.4, 0.5) is 18.9 Å². The number of anilines is 1. The largest absolute Gasteiger partial charge is 0.473 e. The van der Waals surface area contributed by atoms with E-state index in [1.54, 1.807) is 12.1 Å². The van der Waals surface area contributed by atoms with Crippen LogP contribution in [0.2, 0.25) is 0 Å². The third-order valence-corrected chi connectivity index (χ3v) is 4.41. The molecule has 2 heterocycles. The van der Waals surface area contributed by atoms with E-state index in [1.165, 1.54) is 12.1 Å². The highest BCUT2D eigenvalue weighted by Gasteiger charge is 2.39. The summed E-state index contributed by atoms with van der Waals surface area (Å²) in [5.74, 6) is -2.33. The summed E-state index contributed by atoms with van der Waals surface area (Å²) in [5, 5.41) is 14.8. The molecule has 0 saturated carbocycles. The van der Waals surface area contributed by atoms with E-state index >= 15 is 0 Å². The van der Waals surface area contributed by atoms with Crippen LogP contribution in [0.25, 0.3) is 0 Å². The molecule has 2 unspecified atom stereocenters. The molecule has 6 nitrogen and oxygen atoms in total. The Morgan fingerprint density at radius 3 is 1.76 bits per heavy atom. The number of likely N-dealkylation sites (tertiary alicyclic amines) is 1. The lowest BCUT2D eigenvalue weighted by atomic mass is 10.0. The van der Waals surface area contributed by atoms with Crippen molar-refractivity contribution in [1.82, 2.24) is 4.90 Å². The van der Waals surface area contributed by atoms with Crippen LogP contribution in [0.5, 0.6) is 0 Å². The van der Waals surface area contributed by atoms with Gasteiger partial charge in [0.25, 0.3) is 0 Å². The van der Waals surface area contributed by atoms with Gasteiger partial charge < -0.3 is 20.0 Å². The van der Waals surface area contributed by atoms with E-state index in [0.29, 0.717) is 11.8 Å². The number of benzene rings is 1. The Morgan fingerprint density at radius 1 is 0.960 bits per heavy atom. The number of halogens is 3. The summed E-state index contributed by atoms with van der Waals surface area (Å²) in [5.41, 5.74) is 0.334. The minimum Gasteiger partial charge on any atom is -0.473 e. The lowest BCUT2D eigenvalue weighted by Gasteiger charge is -2.21. The van der Waals surface area contributed by atoms with Gasteiger partial charge in [-0.2, -0.15) is 13.2 Å². The number of carboxylic acid groups (broad SMARTS) is 2. The fourth-order valence-electron chi connectivity index (χ4n) is 3.30. The van der Waals surface area contributed by atoms with Gasteiger partial charge in [0.15, 0.2) is 0 Å². The average molecular weight is 360 g/mol. The lowest BCUT2D eigenvalue weighted by Crippen LogP contribution is -2.26. The summed E-state index contributed by atoms with van der Waals surface area (Å²) in [4.78, 5) is 22.7. The number of hydrogen-bond acceptors (Lipinski definition) is 4. The molecule has 0 aromatic heterocycles. The number of carboxylic acids is 2. The van der Waals surface area contributed by atoms with Crippen molar-refractivity contribution in [2.75, 3.05) is 38.1 Å². The molecular formula is C16H19F3N2O4. The second-order valence-corrected chi connectivity index (χ2v) is 6.30. The highest BCUT2D eigenvalue weighted by molar-refractivity contribution is 6.27. The standard InChI is InChI=1S/C14H17F3N2.C2H2O4/c1-18-6-10-8-19(9-11(10)7-18)13-4-2-12(3-5-13)14(15,16)17;3-1(4)2(5)6/h2-5,10-11H,6-9H2,1H3;(H,3,4)(H,5,6). The molecule has 2 aliphatic heterocycles. The third-order valence-electron chi connectivity index (χ3n) is 4.41. The van der Waals surface area contributed by atoms with Crippen LogP contribution < -0.4 is 4.90 Å². The first kappa shape index (κ1) is 19.0. The van der Waals surface area contributed by atoms with Crippen molar-refractivity contribution >= 4 is 17.6 Å². The topological polar surface area (TPSA) is 81.1 Å². The second kappa shape index (κ2) is 7.30. The number of aliphatic carboxylic acids is 2. The quantitative estimate of drug-likeness (QED) is 0.744. The molecule has 0 aliphatic carbocycles. The summed E-state index contributed by atoms with van der Waals surface area (Å²) < 4.78 is 37.5. The molecule has 2 N–H and O–H groups in total. The number of alkyl halides is 3. The van der Waals surface area contributed by atoms with E-state index in [4.69, 9.17) is 19.8 Å². The second-order valence-electron chi connectivity index (χ2n) is 6.30. The molecule has 3 rings (SSSR count). The molecule has 138 valence electrons. The number of nitrogens with zero attached hydrogens (tertiary/aromatic N) is 2. The first-order chi connectivity index (χ1) is 11.6. The Bertz CT molecular complexity index is 607. The minimum absolute atomic E-state index is 0.574. The normalized spacial score (nSPS) is 23.0. The molecule has 0 spiro atoms. The van der Waals surface area contributed by atoms with Gasteiger partial charge in [-0.1, -0.05) is 0 Å². The van der Waals surface area contributed by atoms with Crippen molar-refractivity contribution in [3.63, 3.8) is 0 Å². The Kier molecular flexibility index (Phi) is 5.56. The maximum Gasteiger partial charge on any atom is 0.416 e. The van der Waals surface area contributed by atoms with Crippen molar-refractivity contribution in [2.45, 2.75) is 6.18 Å². The maximum atomic E-state index is 12.5. The number of carbonyl (C=O) groups is 2. The monoisotopic (exact) mass is 360 g/mol. The SMILES string of the molecule is CN1CC2CN(c3ccc(C(F)(F)F)cc3)CC2C1.O=C(O)C(=O)O. The van der Waals surface area contributed by atoms with E-state index < -0.39 is 23.7 Å². The van der Waals surface area contributed by atoms with Gasteiger partial charge in [0.05, 0.1) is 5.56 Å². The number of hydrogen-bond donors (Lipinski definition) is 2. The molecule has 2 aliphatic rings. The average Bonchev–Trinajstić information content (AvgIpc) is 3.04. The van der Waals surface area contributed by atoms with Crippen LogP contribution in [0, 0.1) is 11.8 Å². The van der Waals surface area contributed by atoms with Gasteiger partial charge in [0.2, 0.25) is 0 Å². The molecular weight excluding hydrogens is 341 g/mol. The molecule has 0 bridgehead atoms. The minimum atomic E-state index is -4.25. The van der Waals surface area contributed by atoms with Crippen molar-refractivity contribution < 1.29 is 33.0 Å². The summed E-state index contributed by atoms with van der Waals surface area (Å²) in [6.07, 6.45) is -4.25. The van der Waals surface area contributed by atoms with Crippen LogP contribution >= 0.6 is 0 Å². The van der Waals surface area contributed by atoms with Gasteiger partial charge in [-0.05, 0) is 43.1 Å². The van der Waals surface area contributed by atoms with Gasteiger partial charge in [-0.3, -0.25) is 0 Å². The Balaban J connectivity index is 0.000000326. The smallest absolute Gasteiger partial charge is 0.416 e. The van der Waals surface area contributed by atoms with E-state index in [2.05, 4.69) is 16.8 Å². The fourth-order valence-corrected chi connectivity index (χ4v) is 3.30. The van der Waals surface area contributed by atoms with Crippen LogP contribution in [-0.2, 0) is 15.8 Å². The fraction of sp³-hybridized carbons (Fsp3) is 0.500. The van der Waals surface area contributed by atoms with Crippen LogP contribution in [-0.4, -0.2) is 60.3 Å². The van der Waals surface area contributed by atoms with Gasteiger partial charge in [0.1, 0.15) is 0 Å². The predicted molar refractivity (Wildman–Crippen MR) is 83.4 cm³/mol.